The molecule has 1 nitrogen and oxygen atoms in total. The Kier molecular flexibility index (Phi) is 5.48. The van der Waals surface area contributed by atoms with E-state index in [-0.39, 0.29) is 0 Å². The predicted octanol–water partition coefficient (Wildman–Crippen LogP) is 3.42. The van der Waals surface area contributed by atoms with E-state index in [1.54, 1.807) is 0 Å². The van der Waals surface area contributed by atoms with Crippen molar-refractivity contribution in [2.24, 2.45) is 0 Å². The van der Waals surface area contributed by atoms with Gasteiger partial charge in [-0.3, -0.25) is 0 Å². The second-order valence-corrected chi connectivity index (χ2v) is 12.8. The molecule has 0 aromatic carbocycles. The van der Waals surface area contributed by atoms with Gasteiger partial charge in [0.1, 0.15) is 0 Å². The van der Waals surface area contributed by atoms with Crippen molar-refractivity contribution in [1.82, 2.24) is 0 Å². The molecule has 0 bridgehead atoms. The summed E-state index contributed by atoms with van der Waals surface area (Å²) in [5, 5.41) is 0. The van der Waals surface area contributed by atoms with Crippen LogP contribution in [0.2, 0.25) is 31.7 Å². The summed E-state index contributed by atoms with van der Waals surface area (Å²) in [6.45, 7) is 16.3. The van der Waals surface area contributed by atoms with E-state index < -0.39 is 17.1 Å². The molecular formula is C10H26OSi2. The van der Waals surface area contributed by atoms with Gasteiger partial charge in [-0.05, 0) is 25.6 Å². The molecule has 0 saturated heterocycles. The quantitative estimate of drug-likeness (QED) is 0.643. The molecule has 0 heterocycles. The molecule has 0 aliphatic rings. The minimum atomic E-state index is -1.40. The highest BCUT2D eigenvalue weighted by Gasteiger charge is 2.31. The molecule has 0 fully saturated rings. The lowest BCUT2D eigenvalue weighted by molar-refractivity contribution is 0.275. The molecule has 0 aliphatic heterocycles. The van der Waals surface area contributed by atoms with Crippen molar-refractivity contribution in [3.8, 4) is 0 Å². The zero-order valence-electron chi connectivity index (χ0n) is 10.3. The average molecular weight is 218 g/mol. The normalized spacial score (nSPS) is 17.5. The van der Waals surface area contributed by atoms with Gasteiger partial charge in [-0.2, -0.15) is 0 Å². The molecule has 3 heteroatoms. The van der Waals surface area contributed by atoms with Gasteiger partial charge < -0.3 is 4.43 Å². The fourth-order valence-electron chi connectivity index (χ4n) is 1.22. The van der Waals surface area contributed by atoms with E-state index in [1.165, 1.54) is 6.42 Å². The standard InChI is InChI=1S/C10H26OSi2/c1-8-9(2)13(6,7)11-10(3)12(4)5/h9-10,12H,8H2,1-7H3. The van der Waals surface area contributed by atoms with Crippen molar-refractivity contribution < 1.29 is 4.43 Å². The zero-order valence-corrected chi connectivity index (χ0v) is 12.5. The van der Waals surface area contributed by atoms with Crippen LogP contribution in [0.4, 0.5) is 0 Å². The van der Waals surface area contributed by atoms with Gasteiger partial charge in [0, 0.05) is 5.73 Å². The molecule has 0 radical (unpaired) electrons. The van der Waals surface area contributed by atoms with Gasteiger partial charge >= 0.3 is 0 Å². The maximum atomic E-state index is 6.25. The van der Waals surface area contributed by atoms with Gasteiger partial charge in [-0.25, -0.2) is 0 Å². The van der Waals surface area contributed by atoms with Gasteiger partial charge in [0.15, 0.2) is 8.32 Å². The summed E-state index contributed by atoms with van der Waals surface area (Å²) in [5.41, 5.74) is 1.33. The van der Waals surface area contributed by atoms with Crippen molar-refractivity contribution in [2.45, 2.75) is 64.6 Å². The molecule has 0 spiro atoms. The van der Waals surface area contributed by atoms with Gasteiger partial charge in [0.25, 0.3) is 0 Å². The van der Waals surface area contributed by atoms with Crippen molar-refractivity contribution >= 4 is 17.1 Å². The molecule has 80 valence electrons. The molecule has 13 heavy (non-hydrogen) atoms. The molecule has 0 aromatic heterocycles. The average Bonchev–Trinajstić information content (AvgIpc) is 2.01. The Balaban J connectivity index is 4.15. The van der Waals surface area contributed by atoms with Crippen LogP contribution in [0.25, 0.3) is 0 Å². The summed E-state index contributed by atoms with van der Waals surface area (Å²) >= 11 is 0. The van der Waals surface area contributed by atoms with Crippen LogP contribution in [0, 0.1) is 0 Å². The third-order valence-electron chi connectivity index (χ3n) is 3.23. The van der Waals surface area contributed by atoms with E-state index in [4.69, 9.17) is 4.43 Å². The number of hydrogen-bond donors (Lipinski definition) is 0. The Bertz CT molecular complexity index is 146. The van der Waals surface area contributed by atoms with Crippen LogP contribution >= 0.6 is 0 Å². The third-order valence-corrected chi connectivity index (χ3v) is 9.27. The Morgan fingerprint density at radius 1 is 1.23 bits per heavy atom. The summed E-state index contributed by atoms with van der Waals surface area (Å²) in [5.74, 6) is 0. The first-order valence-electron chi connectivity index (χ1n) is 5.49. The second-order valence-electron chi connectivity index (χ2n) is 4.98. The zero-order chi connectivity index (χ0) is 10.6. The molecule has 0 saturated carbocycles. The van der Waals surface area contributed by atoms with E-state index in [9.17, 15) is 0 Å². The topological polar surface area (TPSA) is 9.23 Å². The van der Waals surface area contributed by atoms with Gasteiger partial charge in [-0.15, -0.1) is 0 Å². The predicted molar refractivity (Wildman–Crippen MR) is 66.6 cm³/mol. The lowest BCUT2D eigenvalue weighted by Crippen LogP contribution is -2.42. The van der Waals surface area contributed by atoms with E-state index >= 15 is 0 Å². The van der Waals surface area contributed by atoms with Gasteiger partial charge in [0.05, 0.1) is 8.80 Å². The largest absolute Gasteiger partial charge is 0.418 e. The smallest absolute Gasteiger partial charge is 0.189 e. The highest BCUT2D eigenvalue weighted by Crippen LogP contribution is 2.27. The Morgan fingerprint density at radius 3 is 2.00 bits per heavy atom. The minimum Gasteiger partial charge on any atom is -0.418 e. The highest BCUT2D eigenvalue weighted by atomic mass is 28.4. The Morgan fingerprint density at radius 2 is 1.69 bits per heavy atom. The van der Waals surface area contributed by atoms with Crippen molar-refractivity contribution in [3.05, 3.63) is 0 Å². The fourth-order valence-corrected chi connectivity index (χ4v) is 5.54. The van der Waals surface area contributed by atoms with Crippen molar-refractivity contribution in [3.63, 3.8) is 0 Å². The molecule has 0 rings (SSSR count). The molecule has 2 atom stereocenters. The van der Waals surface area contributed by atoms with Crippen LogP contribution in [-0.2, 0) is 4.43 Å². The lowest BCUT2D eigenvalue weighted by Gasteiger charge is -2.33. The van der Waals surface area contributed by atoms with Crippen molar-refractivity contribution in [1.29, 1.82) is 0 Å². The monoisotopic (exact) mass is 218 g/mol. The Hall–Kier alpha value is 0.394. The summed E-state index contributed by atoms with van der Waals surface area (Å²) in [6.07, 6.45) is 1.26. The maximum Gasteiger partial charge on any atom is 0.189 e. The highest BCUT2D eigenvalue weighted by molar-refractivity contribution is 6.73. The number of rotatable bonds is 5. The Labute approximate surface area is 86.6 Å². The van der Waals surface area contributed by atoms with E-state index in [0.29, 0.717) is 5.73 Å². The van der Waals surface area contributed by atoms with Crippen molar-refractivity contribution in [2.75, 3.05) is 0 Å². The van der Waals surface area contributed by atoms with Gasteiger partial charge in [-0.1, -0.05) is 33.4 Å². The van der Waals surface area contributed by atoms with Crippen LogP contribution < -0.4 is 0 Å². The third kappa shape index (κ3) is 4.43. The lowest BCUT2D eigenvalue weighted by atomic mass is 10.4. The van der Waals surface area contributed by atoms with Crippen LogP contribution in [0.5, 0.6) is 0 Å². The molecule has 0 N–H and O–H groups in total. The minimum absolute atomic E-state index is 0.552. The molecule has 2 unspecified atom stereocenters. The maximum absolute atomic E-state index is 6.25. The first-order chi connectivity index (χ1) is 5.81. The SMILES string of the molecule is CCC(C)[Si](C)(C)OC(C)[SiH](C)C. The summed E-state index contributed by atoms with van der Waals surface area (Å²) in [4.78, 5) is 0. The fraction of sp³-hybridized carbons (Fsp3) is 1.00. The van der Waals surface area contributed by atoms with Crippen LogP contribution in [0.1, 0.15) is 27.2 Å². The molecule has 0 aromatic rings. The first kappa shape index (κ1) is 13.4. The molecule has 0 amide bonds. The first-order valence-corrected chi connectivity index (χ1v) is 11.4. The molecule has 0 aliphatic carbocycles. The summed E-state index contributed by atoms with van der Waals surface area (Å²) < 4.78 is 6.25. The number of hydrogen-bond acceptors (Lipinski definition) is 1. The van der Waals surface area contributed by atoms with Crippen LogP contribution in [0.3, 0.4) is 0 Å². The van der Waals surface area contributed by atoms with Gasteiger partial charge in [0.2, 0.25) is 0 Å². The van der Waals surface area contributed by atoms with Crippen LogP contribution in [-0.4, -0.2) is 22.8 Å². The van der Waals surface area contributed by atoms with E-state index in [0.717, 1.165) is 5.54 Å². The van der Waals surface area contributed by atoms with Crippen LogP contribution in [0.15, 0.2) is 0 Å². The second kappa shape index (κ2) is 5.32. The summed E-state index contributed by atoms with van der Waals surface area (Å²) in [6, 6.07) is 0. The summed E-state index contributed by atoms with van der Waals surface area (Å²) in [7, 11) is -2.00. The molecular weight excluding hydrogens is 192 g/mol. The van der Waals surface area contributed by atoms with E-state index in [1.807, 2.05) is 0 Å². The van der Waals surface area contributed by atoms with E-state index in [2.05, 4.69) is 47.0 Å².